The zero-order chi connectivity index (χ0) is 8.85. The van der Waals surface area contributed by atoms with Crippen molar-refractivity contribution >= 4 is 16.9 Å². The summed E-state index contributed by atoms with van der Waals surface area (Å²) >= 11 is 1.80. The molecule has 0 rings (SSSR count). The highest BCUT2D eigenvalue weighted by atomic mass is 127. The van der Waals surface area contributed by atoms with Crippen molar-refractivity contribution in [3.63, 3.8) is 0 Å². The molecule has 12 heavy (non-hydrogen) atoms. The lowest BCUT2D eigenvalue weighted by atomic mass is 10.6. The first-order valence-corrected chi connectivity index (χ1v) is 5.23. The number of halogens is 1. The summed E-state index contributed by atoms with van der Waals surface area (Å²) in [5, 5.41) is 1.34. The molecule has 0 saturated heterocycles. The third-order valence-corrected chi connectivity index (χ3v) is 2.59. The Kier molecular flexibility index (Phi) is 10.2. The molecule has 0 radical (unpaired) electrons. The van der Waals surface area contributed by atoms with Gasteiger partial charge in [0.2, 0.25) is 0 Å². The predicted octanol–water partition coefficient (Wildman–Crippen LogP) is -1.68. The lowest BCUT2D eigenvalue weighted by Gasteiger charge is -2.14. The van der Waals surface area contributed by atoms with Gasteiger partial charge in [0, 0.05) is 0 Å². The Bertz CT molecular complexity index is 140. The van der Waals surface area contributed by atoms with Crippen molar-refractivity contribution in [1.82, 2.24) is 4.90 Å². The molecule has 0 amide bonds. The van der Waals surface area contributed by atoms with Gasteiger partial charge in [0.1, 0.15) is 0 Å². The number of hydrogen-bond acceptors (Lipinski definition) is 1. The fourth-order valence-electron chi connectivity index (χ4n) is 1.09. The van der Waals surface area contributed by atoms with Crippen LogP contribution >= 0.6 is 11.8 Å². The minimum Gasteiger partial charge on any atom is -1.00 e. The van der Waals surface area contributed by atoms with Crippen LogP contribution in [-0.2, 0) is 0 Å². The molecule has 2 nitrogen and oxygen atoms in total. The van der Waals surface area contributed by atoms with Gasteiger partial charge in [-0.25, -0.2) is 0 Å². The van der Waals surface area contributed by atoms with E-state index in [-0.39, 0.29) is 24.0 Å². The molecule has 4 heteroatoms. The van der Waals surface area contributed by atoms with Gasteiger partial charge in [-0.2, -0.15) is 0 Å². The van der Waals surface area contributed by atoms with Crippen LogP contribution < -0.4 is 24.0 Å². The number of amidine groups is 1. The fourth-order valence-corrected chi connectivity index (χ4v) is 1.97. The van der Waals surface area contributed by atoms with E-state index in [2.05, 4.69) is 43.7 Å². The van der Waals surface area contributed by atoms with Gasteiger partial charge in [-0.15, -0.1) is 0 Å². The van der Waals surface area contributed by atoms with Crippen LogP contribution in [-0.4, -0.2) is 48.1 Å². The largest absolute Gasteiger partial charge is 1.00 e. The molecule has 0 saturated carbocycles. The van der Waals surface area contributed by atoms with Crippen LogP contribution in [0.1, 0.15) is 13.8 Å². The van der Waals surface area contributed by atoms with E-state index < -0.39 is 0 Å². The van der Waals surface area contributed by atoms with Gasteiger partial charge >= 0.3 is 5.17 Å². The van der Waals surface area contributed by atoms with Gasteiger partial charge in [0.05, 0.1) is 27.2 Å². The molecule has 0 aromatic heterocycles. The second-order valence-electron chi connectivity index (χ2n) is 2.55. The van der Waals surface area contributed by atoms with E-state index in [4.69, 9.17) is 0 Å². The molecular formula is C8H19IN2S. The molecule has 0 atom stereocenters. The van der Waals surface area contributed by atoms with Crippen LogP contribution in [0.3, 0.4) is 0 Å². The highest BCUT2D eigenvalue weighted by molar-refractivity contribution is 8.12. The first-order chi connectivity index (χ1) is 5.17. The summed E-state index contributed by atoms with van der Waals surface area (Å²) in [6.45, 7) is 6.54. The maximum Gasteiger partial charge on any atom is 0.307 e. The minimum atomic E-state index is 0. The van der Waals surface area contributed by atoms with Gasteiger partial charge < -0.3 is 24.0 Å². The molecule has 0 aliphatic rings. The zero-order valence-electron chi connectivity index (χ0n) is 8.59. The lowest BCUT2D eigenvalue weighted by Crippen LogP contribution is -3.00. The van der Waals surface area contributed by atoms with Gasteiger partial charge in [-0.3, -0.25) is 9.48 Å². The van der Waals surface area contributed by atoms with Crippen molar-refractivity contribution in [3.8, 4) is 0 Å². The Morgan fingerprint density at radius 1 is 1.25 bits per heavy atom. The van der Waals surface area contributed by atoms with Gasteiger partial charge in [0.25, 0.3) is 0 Å². The van der Waals surface area contributed by atoms with Crippen LogP contribution in [0.15, 0.2) is 0 Å². The number of thioether (sulfide) groups is 1. The summed E-state index contributed by atoms with van der Waals surface area (Å²) in [6, 6.07) is 0. The van der Waals surface area contributed by atoms with Gasteiger partial charge in [-0.1, -0.05) is 0 Å². The Labute approximate surface area is 97.4 Å². The molecule has 0 fully saturated rings. The van der Waals surface area contributed by atoms with E-state index in [0.717, 1.165) is 13.1 Å². The van der Waals surface area contributed by atoms with E-state index in [1.807, 2.05) is 0 Å². The highest BCUT2D eigenvalue weighted by Crippen LogP contribution is 2.02. The third-order valence-electron chi connectivity index (χ3n) is 1.60. The Hall–Kier alpha value is 0.550. The molecule has 0 bridgehead atoms. The highest BCUT2D eigenvalue weighted by Gasteiger charge is 2.14. The Morgan fingerprint density at radius 2 is 1.67 bits per heavy atom. The molecule has 0 aliphatic heterocycles. The Morgan fingerprint density at radius 3 is 1.75 bits per heavy atom. The average Bonchev–Trinajstić information content (AvgIpc) is 1.99. The van der Waals surface area contributed by atoms with Gasteiger partial charge in [0.15, 0.2) is 0 Å². The van der Waals surface area contributed by atoms with Crippen molar-refractivity contribution < 1.29 is 28.6 Å². The van der Waals surface area contributed by atoms with E-state index in [1.54, 1.807) is 11.8 Å². The minimum absolute atomic E-state index is 0. The maximum absolute atomic E-state index is 2.35. The quantitative estimate of drug-likeness (QED) is 0.260. The van der Waals surface area contributed by atoms with E-state index >= 15 is 0 Å². The van der Waals surface area contributed by atoms with E-state index in [9.17, 15) is 0 Å². The third kappa shape index (κ3) is 4.54. The monoisotopic (exact) mass is 302 g/mol. The smallest absolute Gasteiger partial charge is 0.307 e. The van der Waals surface area contributed by atoms with E-state index in [1.165, 1.54) is 5.17 Å². The molecule has 0 aromatic rings. The molecular weight excluding hydrogens is 283 g/mol. The standard InChI is InChI=1S/C8H19N2S.HI/c1-6-10(7-2)8(11-5)9(3)4;/h6-7H2,1-5H3;1H/q+1;/p-1. The van der Waals surface area contributed by atoms with Crippen LogP contribution in [0, 0.1) is 0 Å². The molecule has 0 aliphatic carbocycles. The second-order valence-corrected chi connectivity index (χ2v) is 3.33. The molecule has 0 spiro atoms. The topological polar surface area (TPSA) is 6.25 Å². The summed E-state index contributed by atoms with van der Waals surface area (Å²) < 4.78 is 2.16. The first kappa shape index (κ1) is 15.0. The maximum atomic E-state index is 2.35. The van der Waals surface area contributed by atoms with Crippen molar-refractivity contribution in [2.45, 2.75) is 13.8 Å². The number of hydrogen-bond donors (Lipinski definition) is 0. The summed E-state index contributed by atoms with van der Waals surface area (Å²) in [7, 11) is 4.17. The number of rotatable bonds is 2. The molecule has 0 aromatic carbocycles. The van der Waals surface area contributed by atoms with Crippen molar-refractivity contribution in [2.75, 3.05) is 33.4 Å². The summed E-state index contributed by atoms with van der Waals surface area (Å²) in [4.78, 5) is 2.35. The van der Waals surface area contributed by atoms with Crippen LogP contribution in [0.25, 0.3) is 0 Å². The summed E-state index contributed by atoms with van der Waals surface area (Å²) in [5.74, 6) is 0. The number of nitrogens with zero attached hydrogens (tertiary/aromatic N) is 2. The molecule has 74 valence electrons. The van der Waals surface area contributed by atoms with Crippen LogP contribution in [0.5, 0.6) is 0 Å². The molecule has 0 N–H and O–H groups in total. The first-order valence-electron chi connectivity index (χ1n) is 4.00. The van der Waals surface area contributed by atoms with Crippen LogP contribution in [0.2, 0.25) is 0 Å². The van der Waals surface area contributed by atoms with Crippen molar-refractivity contribution in [2.24, 2.45) is 0 Å². The van der Waals surface area contributed by atoms with Crippen LogP contribution in [0.4, 0.5) is 0 Å². The van der Waals surface area contributed by atoms with E-state index in [0.29, 0.717) is 0 Å². The molecule has 0 heterocycles. The zero-order valence-corrected chi connectivity index (χ0v) is 11.6. The summed E-state index contributed by atoms with van der Waals surface area (Å²) in [6.07, 6.45) is 2.12. The van der Waals surface area contributed by atoms with Crippen molar-refractivity contribution in [1.29, 1.82) is 0 Å². The fraction of sp³-hybridized carbons (Fsp3) is 0.875. The summed E-state index contributed by atoms with van der Waals surface area (Å²) in [5.41, 5.74) is 0. The SMILES string of the molecule is CCN(CC)C(SC)=[N+](C)C.[I-]. The van der Waals surface area contributed by atoms with Gasteiger partial charge in [-0.05, 0) is 31.9 Å². The Balaban J connectivity index is 0. The predicted molar refractivity (Wildman–Crippen MR) is 53.6 cm³/mol. The second kappa shape index (κ2) is 8.16. The average molecular weight is 302 g/mol. The van der Waals surface area contributed by atoms with Crippen molar-refractivity contribution in [3.05, 3.63) is 0 Å². The normalized spacial score (nSPS) is 8.75. The lowest BCUT2D eigenvalue weighted by molar-refractivity contribution is -0.466. The molecule has 0 unspecified atom stereocenters.